The molecule has 0 aliphatic rings. The summed E-state index contributed by atoms with van der Waals surface area (Å²) >= 11 is 13.3. The molecule has 0 fully saturated rings. The van der Waals surface area contributed by atoms with E-state index >= 15 is 0 Å². The van der Waals surface area contributed by atoms with Gasteiger partial charge in [-0.1, -0.05) is 23.2 Å². The predicted molar refractivity (Wildman–Crippen MR) is 89.5 cm³/mol. The minimum atomic E-state index is -0.211. The average Bonchev–Trinajstić information content (AvgIpc) is 2.86. The third kappa shape index (κ3) is 4.69. The fraction of sp³-hybridized carbons (Fsp3) is 0.214. The van der Waals surface area contributed by atoms with Gasteiger partial charge in [0.05, 0.1) is 10.7 Å². The lowest BCUT2D eigenvalue weighted by atomic mass is 10.2. The van der Waals surface area contributed by atoms with Crippen LogP contribution in [0.2, 0.25) is 10.0 Å². The van der Waals surface area contributed by atoms with Gasteiger partial charge in [0.25, 0.3) is 0 Å². The van der Waals surface area contributed by atoms with Gasteiger partial charge in [-0.3, -0.25) is 9.59 Å². The molecule has 0 bridgehead atoms. The Kier molecular flexibility index (Phi) is 5.76. The third-order valence-corrected chi connectivity index (χ3v) is 3.99. The fourth-order valence-electron chi connectivity index (χ4n) is 1.69. The molecule has 0 unspecified atom stereocenters. The molecule has 0 saturated carbocycles. The number of amides is 2. The smallest absolute Gasteiger partial charge is 0.227 e. The van der Waals surface area contributed by atoms with Crippen LogP contribution in [-0.4, -0.2) is 23.3 Å². The Morgan fingerprint density at radius 2 is 2.09 bits per heavy atom. The number of halogens is 2. The standard InChI is InChI=1S/C14H13Cl2N3O2S/c1-8(20)17-5-4-13(21)19-14-18-12(7-22-14)10-3-2-9(15)6-11(10)16/h2-3,6-7H,4-5H2,1H3,(H,17,20)(H,18,19,21). The van der Waals surface area contributed by atoms with Crippen molar-refractivity contribution in [2.75, 3.05) is 11.9 Å². The number of nitrogens with one attached hydrogen (secondary N) is 2. The van der Waals surface area contributed by atoms with Crippen molar-refractivity contribution in [3.05, 3.63) is 33.6 Å². The number of rotatable bonds is 5. The number of hydrogen-bond donors (Lipinski definition) is 2. The van der Waals surface area contributed by atoms with E-state index in [-0.39, 0.29) is 18.2 Å². The van der Waals surface area contributed by atoms with E-state index in [4.69, 9.17) is 23.2 Å². The lowest BCUT2D eigenvalue weighted by molar-refractivity contribution is -0.119. The van der Waals surface area contributed by atoms with Crippen molar-refractivity contribution in [3.8, 4) is 11.3 Å². The lowest BCUT2D eigenvalue weighted by Gasteiger charge is -2.03. The van der Waals surface area contributed by atoms with Gasteiger partial charge in [-0.05, 0) is 18.2 Å². The number of nitrogens with zero attached hydrogens (tertiary/aromatic N) is 1. The molecule has 2 amide bonds. The van der Waals surface area contributed by atoms with Crippen LogP contribution in [0.1, 0.15) is 13.3 Å². The predicted octanol–water partition coefficient (Wildman–Crippen LogP) is 3.58. The first kappa shape index (κ1) is 16.7. The van der Waals surface area contributed by atoms with Crippen molar-refractivity contribution in [2.24, 2.45) is 0 Å². The molecule has 0 atom stereocenters. The van der Waals surface area contributed by atoms with E-state index in [2.05, 4.69) is 15.6 Å². The van der Waals surface area contributed by atoms with Gasteiger partial charge < -0.3 is 10.6 Å². The second kappa shape index (κ2) is 7.58. The monoisotopic (exact) mass is 357 g/mol. The highest BCUT2D eigenvalue weighted by Gasteiger charge is 2.11. The van der Waals surface area contributed by atoms with Crippen molar-refractivity contribution in [1.29, 1.82) is 0 Å². The summed E-state index contributed by atoms with van der Waals surface area (Å²) in [4.78, 5) is 26.8. The molecule has 2 aromatic rings. The van der Waals surface area contributed by atoms with Crippen molar-refractivity contribution in [1.82, 2.24) is 10.3 Å². The van der Waals surface area contributed by atoms with Crippen LogP contribution in [0.4, 0.5) is 5.13 Å². The van der Waals surface area contributed by atoms with Crippen LogP contribution in [0.15, 0.2) is 23.6 Å². The van der Waals surface area contributed by atoms with Crippen molar-refractivity contribution < 1.29 is 9.59 Å². The molecule has 0 aliphatic carbocycles. The minimum absolute atomic E-state index is 0.165. The quantitative estimate of drug-likeness (QED) is 0.858. The maximum Gasteiger partial charge on any atom is 0.227 e. The molecule has 2 rings (SSSR count). The number of hydrogen-bond acceptors (Lipinski definition) is 4. The summed E-state index contributed by atoms with van der Waals surface area (Å²) in [5.41, 5.74) is 1.42. The first-order valence-electron chi connectivity index (χ1n) is 6.41. The molecule has 0 radical (unpaired) electrons. The zero-order valence-corrected chi connectivity index (χ0v) is 14.0. The van der Waals surface area contributed by atoms with Crippen LogP contribution in [0.5, 0.6) is 0 Å². The van der Waals surface area contributed by atoms with Crippen molar-refractivity contribution in [2.45, 2.75) is 13.3 Å². The van der Waals surface area contributed by atoms with E-state index in [0.29, 0.717) is 27.4 Å². The number of benzene rings is 1. The first-order valence-corrected chi connectivity index (χ1v) is 8.04. The Hall–Kier alpha value is -1.63. The van der Waals surface area contributed by atoms with Gasteiger partial charge in [0.15, 0.2) is 5.13 Å². The molecule has 5 nitrogen and oxygen atoms in total. The van der Waals surface area contributed by atoms with E-state index in [1.807, 2.05) is 0 Å². The average molecular weight is 358 g/mol. The number of thiazole rings is 1. The Morgan fingerprint density at radius 1 is 1.32 bits per heavy atom. The van der Waals surface area contributed by atoms with Crippen LogP contribution in [0.25, 0.3) is 11.3 Å². The van der Waals surface area contributed by atoms with Crippen LogP contribution in [0.3, 0.4) is 0 Å². The molecule has 8 heteroatoms. The summed E-state index contributed by atoms with van der Waals surface area (Å²) in [6, 6.07) is 5.15. The van der Waals surface area contributed by atoms with Gasteiger partial charge in [-0.2, -0.15) is 0 Å². The number of carbonyl (C=O) groups excluding carboxylic acids is 2. The van der Waals surface area contributed by atoms with Crippen LogP contribution in [0, 0.1) is 0 Å². The van der Waals surface area contributed by atoms with Crippen LogP contribution < -0.4 is 10.6 Å². The molecule has 116 valence electrons. The summed E-state index contributed by atoms with van der Waals surface area (Å²) < 4.78 is 0. The topological polar surface area (TPSA) is 71.1 Å². The molecule has 1 heterocycles. The largest absolute Gasteiger partial charge is 0.356 e. The van der Waals surface area contributed by atoms with Crippen LogP contribution >= 0.6 is 34.5 Å². The van der Waals surface area contributed by atoms with E-state index in [0.717, 1.165) is 5.56 Å². The number of anilines is 1. The molecule has 1 aromatic carbocycles. The molecule has 0 spiro atoms. The van der Waals surface area contributed by atoms with Crippen molar-refractivity contribution >= 4 is 51.5 Å². The summed E-state index contributed by atoms with van der Waals surface area (Å²) in [5, 5.41) is 8.58. The Morgan fingerprint density at radius 3 is 2.77 bits per heavy atom. The number of carbonyl (C=O) groups is 2. The van der Waals surface area contributed by atoms with Crippen LogP contribution in [-0.2, 0) is 9.59 Å². The second-order valence-corrected chi connectivity index (χ2v) is 6.14. The minimum Gasteiger partial charge on any atom is -0.356 e. The maximum absolute atomic E-state index is 11.7. The Balaban J connectivity index is 1.99. The van der Waals surface area contributed by atoms with E-state index in [1.54, 1.807) is 23.6 Å². The summed E-state index contributed by atoms with van der Waals surface area (Å²) in [6.07, 6.45) is 0.191. The highest BCUT2D eigenvalue weighted by Crippen LogP contribution is 2.32. The molecule has 1 aromatic heterocycles. The van der Waals surface area contributed by atoms with Gasteiger partial charge in [0.1, 0.15) is 0 Å². The normalized spacial score (nSPS) is 10.3. The Bertz CT molecular complexity index is 703. The molecular weight excluding hydrogens is 345 g/mol. The zero-order valence-electron chi connectivity index (χ0n) is 11.7. The van der Waals surface area contributed by atoms with E-state index in [1.165, 1.54) is 18.3 Å². The molecule has 0 saturated heterocycles. The molecule has 2 N–H and O–H groups in total. The summed E-state index contributed by atoms with van der Waals surface area (Å²) in [6.45, 7) is 1.70. The van der Waals surface area contributed by atoms with Gasteiger partial charge in [0.2, 0.25) is 11.8 Å². The fourth-order valence-corrected chi connectivity index (χ4v) is 2.92. The first-order chi connectivity index (χ1) is 10.5. The third-order valence-electron chi connectivity index (χ3n) is 2.68. The van der Waals surface area contributed by atoms with Gasteiger partial charge in [0, 0.05) is 35.9 Å². The summed E-state index contributed by atoms with van der Waals surface area (Å²) in [7, 11) is 0. The second-order valence-electron chi connectivity index (χ2n) is 4.44. The zero-order chi connectivity index (χ0) is 16.1. The lowest BCUT2D eigenvalue weighted by Crippen LogP contribution is -2.25. The van der Waals surface area contributed by atoms with E-state index < -0.39 is 0 Å². The molecule has 0 aliphatic heterocycles. The van der Waals surface area contributed by atoms with Gasteiger partial charge >= 0.3 is 0 Å². The van der Waals surface area contributed by atoms with Gasteiger partial charge in [-0.15, -0.1) is 11.3 Å². The maximum atomic E-state index is 11.7. The molecule has 22 heavy (non-hydrogen) atoms. The van der Waals surface area contributed by atoms with Gasteiger partial charge in [-0.25, -0.2) is 4.98 Å². The molecular formula is C14H13Cl2N3O2S. The summed E-state index contributed by atoms with van der Waals surface area (Å²) in [5.74, 6) is -0.376. The number of aromatic nitrogens is 1. The highest BCUT2D eigenvalue weighted by molar-refractivity contribution is 7.14. The highest BCUT2D eigenvalue weighted by atomic mass is 35.5. The Labute approximate surface area is 141 Å². The van der Waals surface area contributed by atoms with E-state index in [9.17, 15) is 9.59 Å². The van der Waals surface area contributed by atoms with Crippen molar-refractivity contribution in [3.63, 3.8) is 0 Å². The SMILES string of the molecule is CC(=O)NCCC(=O)Nc1nc(-c2ccc(Cl)cc2Cl)cs1.